The third kappa shape index (κ3) is 2.85. The summed E-state index contributed by atoms with van der Waals surface area (Å²) in [6.07, 6.45) is 7.20. The van der Waals surface area contributed by atoms with E-state index in [1.165, 1.54) is 11.1 Å². The smallest absolute Gasteiger partial charge is 0.226 e. The Bertz CT molecular complexity index is 866. The number of hydrogen-bond donors (Lipinski definition) is 2. The average molecular weight is 320 g/mol. The van der Waals surface area contributed by atoms with Crippen LogP contribution < -0.4 is 11.1 Å². The molecule has 1 aliphatic rings. The molecule has 5 heteroatoms. The predicted molar refractivity (Wildman–Crippen MR) is 93.6 cm³/mol. The quantitative estimate of drug-likeness (QED) is 0.729. The normalized spacial score (nSPS) is 16.8. The molecule has 3 N–H and O–H groups in total. The molecule has 1 amide bonds. The van der Waals surface area contributed by atoms with Crippen LogP contribution in [0.1, 0.15) is 35.7 Å². The number of amides is 1. The Hall–Kier alpha value is -2.82. The van der Waals surface area contributed by atoms with Crippen LogP contribution >= 0.6 is 0 Å². The van der Waals surface area contributed by atoms with Crippen LogP contribution in [0.4, 0.5) is 5.69 Å². The topological polar surface area (TPSA) is 72.4 Å². The number of aromatic nitrogens is 2. The minimum atomic E-state index is 0.00748. The van der Waals surface area contributed by atoms with Gasteiger partial charge >= 0.3 is 0 Å². The molecule has 4 rings (SSSR count). The Balaban J connectivity index is 1.49. The van der Waals surface area contributed by atoms with Crippen LogP contribution in [0.5, 0.6) is 0 Å². The molecule has 2 heterocycles. The number of carbonyl (C=O) groups is 1. The Morgan fingerprint density at radius 3 is 3.12 bits per heavy atom. The summed E-state index contributed by atoms with van der Waals surface area (Å²) in [5.74, 6) is 0.00748. The summed E-state index contributed by atoms with van der Waals surface area (Å²) in [4.78, 5) is 16.9. The van der Waals surface area contributed by atoms with Gasteiger partial charge in [-0.2, -0.15) is 0 Å². The third-order valence-corrected chi connectivity index (χ3v) is 4.57. The summed E-state index contributed by atoms with van der Waals surface area (Å²) in [5.41, 5.74) is 10.7. The van der Waals surface area contributed by atoms with Crippen molar-refractivity contribution in [2.45, 2.75) is 31.7 Å². The van der Waals surface area contributed by atoms with Gasteiger partial charge in [0, 0.05) is 18.1 Å². The number of fused-ring (bicyclic) bond motifs is 2. The minimum Gasteiger partial charge on any atom is -0.399 e. The number of aryl methyl sites for hydroxylation is 1. The second-order valence-electron chi connectivity index (χ2n) is 6.35. The van der Waals surface area contributed by atoms with Crippen molar-refractivity contribution in [3.8, 4) is 0 Å². The number of benzene rings is 1. The molecule has 1 atom stereocenters. The van der Waals surface area contributed by atoms with Crippen LogP contribution in [-0.2, 0) is 17.6 Å². The highest BCUT2D eigenvalue weighted by atomic mass is 16.1. The molecule has 5 nitrogen and oxygen atoms in total. The monoisotopic (exact) mass is 320 g/mol. The molecule has 1 unspecified atom stereocenters. The second kappa shape index (κ2) is 6.00. The summed E-state index contributed by atoms with van der Waals surface area (Å²) in [6, 6.07) is 11.9. The van der Waals surface area contributed by atoms with Crippen LogP contribution in [0.2, 0.25) is 0 Å². The molecule has 2 aromatic heterocycles. The van der Waals surface area contributed by atoms with Gasteiger partial charge in [-0.1, -0.05) is 12.1 Å². The largest absolute Gasteiger partial charge is 0.399 e. The van der Waals surface area contributed by atoms with Gasteiger partial charge in [0.2, 0.25) is 5.91 Å². The average Bonchev–Trinajstić information content (AvgIpc) is 2.96. The van der Waals surface area contributed by atoms with Crippen molar-refractivity contribution in [2.75, 3.05) is 5.73 Å². The van der Waals surface area contributed by atoms with Crippen LogP contribution in [0.3, 0.4) is 0 Å². The van der Waals surface area contributed by atoms with E-state index in [1.54, 1.807) is 0 Å². The second-order valence-corrected chi connectivity index (χ2v) is 6.35. The van der Waals surface area contributed by atoms with Gasteiger partial charge in [-0.3, -0.25) is 4.79 Å². The van der Waals surface area contributed by atoms with Crippen molar-refractivity contribution in [2.24, 2.45) is 0 Å². The molecule has 24 heavy (non-hydrogen) atoms. The van der Waals surface area contributed by atoms with Crippen molar-refractivity contribution < 1.29 is 4.79 Å². The first-order chi connectivity index (χ1) is 11.7. The Kier molecular flexibility index (Phi) is 3.69. The summed E-state index contributed by atoms with van der Waals surface area (Å²) < 4.78 is 1.93. The Morgan fingerprint density at radius 1 is 1.33 bits per heavy atom. The molecule has 1 aromatic carbocycles. The zero-order chi connectivity index (χ0) is 16.5. The van der Waals surface area contributed by atoms with E-state index in [-0.39, 0.29) is 11.9 Å². The van der Waals surface area contributed by atoms with Crippen molar-refractivity contribution >= 4 is 17.2 Å². The summed E-state index contributed by atoms with van der Waals surface area (Å²) in [5, 5.41) is 3.16. The molecule has 122 valence electrons. The summed E-state index contributed by atoms with van der Waals surface area (Å²) in [7, 11) is 0. The molecule has 0 saturated heterocycles. The molecule has 0 fully saturated rings. The standard InChI is InChI=1S/C19H20N4O/c20-14-7-8-16-13(10-14)4-3-5-17(16)22-19(24)11-15-12-23-9-2-1-6-18(23)21-15/h1-2,6-10,12,17H,3-5,11,20H2,(H,22,24). The first-order valence-electron chi connectivity index (χ1n) is 8.29. The zero-order valence-corrected chi connectivity index (χ0v) is 13.4. The van der Waals surface area contributed by atoms with E-state index in [2.05, 4.69) is 10.3 Å². The fourth-order valence-electron chi connectivity index (χ4n) is 3.47. The van der Waals surface area contributed by atoms with E-state index >= 15 is 0 Å². The van der Waals surface area contributed by atoms with Gasteiger partial charge in [0.1, 0.15) is 5.65 Å². The maximum atomic E-state index is 12.4. The molecular weight excluding hydrogens is 300 g/mol. The van der Waals surface area contributed by atoms with Crippen molar-refractivity contribution in [3.63, 3.8) is 0 Å². The van der Waals surface area contributed by atoms with Gasteiger partial charge in [-0.05, 0) is 54.7 Å². The number of pyridine rings is 1. The molecule has 1 aliphatic carbocycles. The van der Waals surface area contributed by atoms with Gasteiger partial charge < -0.3 is 15.5 Å². The van der Waals surface area contributed by atoms with Crippen molar-refractivity contribution in [3.05, 3.63) is 65.6 Å². The third-order valence-electron chi connectivity index (χ3n) is 4.57. The maximum absolute atomic E-state index is 12.4. The molecule has 0 spiro atoms. The number of carbonyl (C=O) groups excluding carboxylic acids is 1. The summed E-state index contributed by atoms with van der Waals surface area (Å²) >= 11 is 0. The highest BCUT2D eigenvalue weighted by Crippen LogP contribution is 2.31. The molecular formula is C19H20N4O. The molecule has 0 saturated carbocycles. The van der Waals surface area contributed by atoms with Gasteiger partial charge in [-0.15, -0.1) is 0 Å². The van der Waals surface area contributed by atoms with E-state index in [9.17, 15) is 4.79 Å². The Morgan fingerprint density at radius 2 is 2.25 bits per heavy atom. The first-order valence-corrected chi connectivity index (χ1v) is 8.29. The van der Waals surface area contributed by atoms with Gasteiger partial charge in [0.05, 0.1) is 18.2 Å². The van der Waals surface area contributed by atoms with E-state index in [0.717, 1.165) is 36.3 Å². The fraction of sp³-hybridized carbons (Fsp3) is 0.263. The predicted octanol–water partition coefficient (Wildman–Crippen LogP) is 2.65. The summed E-state index contributed by atoms with van der Waals surface area (Å²) in [6.45, 7) is 0. The van der Waals surface area contributed by atoms with Gasteiger partial charge in [0.15, 0.2) is 0 Å². The number of rotatable bonds is 3. The SMILES string of the molecule is Nc1ccc2c(c1)CCCC2NC(=O)Cc1cn2ccccc2n1. The van der Waals surface area contributed by atoms with E-state index in [1.807, 2.05) is 53.2 Å². The van der Waals surface area contributed by atoms with Crippen molar-refractivity contribution in [1.29, 1.82) is 0 Å². The molecule has 0 bridgehead atoms. The molecule has 0 radical (unpaired) electrons. The number of nitrogen functional groups attached to an aromatic ring is 1. The van der Waals surface area contributed by atoms with E-state index in [0.29, 0.717) is 6.42 Å². The first kappa shape index (κ1) is 14.8. The zero-order valence-electron chi connectivity index (χ0n) is 13.4. The van der Waals surface area contributed by atoms with Crippen LogP contribution in [0.25, 0.3) is 5.65 Å². The van der Waals surface area contributed by atoms with E-state index in [4.69, 9.17) is 5.73 Å². The lowest BCUT2D eigenvalue weighted by atomic mass is 9.87. The minimum absolute atomic E-state index is 0.00748. The molecule has 3 aromatic rings. The maximum Gasteiger partial charge on any atom is 0.226 e. The highest BCUT2D eigenvalue weighted by molar-refractivity contribution is 5.79. The number of nitrogens with two attached hydrogens (primary N) is 1. The lowest BCUT2D eigenvalue weighted by molar-refractivity contribution is -0.121. The molecule has 0 aliphatic heterocycles. The highest BCUT2D eigenvalue weighted by Gasteiger charge is 2.22. The number of hydrogen-bond acceptors (Lipinski definition) is 3. The van der Waals surface area contributed by atoms with Gasteiger partial charge in [-0.25, -0.2) is 4.98 Å². The van der Waals surface area contributed by atoms with Crippen LogP contribution in [0.15, 0.2) is 48.8 Å². The number of nitrogens with one attached hydrogen (secondary N) is 1. The van der Waals surface area contributed by atoms with Crippen molar-refractivity contribution in [1.82, 2.24) is 14.7 Å². The number of nitrogens with zero attached hydrogens (tertiary/aromatic N) is 2. The number of anilines is 1. The fourth-order valence-corrected chi connectivity index (χ4v) is 3.47. The lowest BCUT2D eigenvalue weighted by Gasteiger charge is -2.26. The van der Waals surface area contributed by atoms with Gasteiger partial charge in [0.25, 0.3) is 0 Å². The van der Waals surface area contributed by atoms with Crippen LogP contribution in [0, 0.1) is 0 Å². The van der Waals surface area contributed by atoms with Crippen LogP contribution in [-0.4, -0.2) is 15.3 Å². The Labute approximate surface area is 140 Å². The lowest BCUT2D eigenvalue weighted by Crippen LogP contribution is -2.32. The van der Waals surface area contributed by atoms with E-state index < -0.39 is 0 Å². The number of imidazole rings is 1.